The second kappa shape index (κ2) is 8.19. The number of hydrogen-bond donors (Lipinski definition) is 1. The molecule has 2 aliphatic heterocycles. The minimum Gasteiger partial charge on any atom is -0.508 e. The molecule has 0 radical (unpaired) electrons. The van der Waals surface area contributed by atoms with Crippen LogP contribution in [0.3, 0.4) is 0 Å². The normalized spacial score (nSPS) is 24.6. The molecular weight excluding hydrogens is 316 g/mol. The second-order valence-corrected chi connectivity index (χ2v) is 7.39. The Kier molecular flexibility index (Phi) is 5.97. The highest BCUT2D eigenvalue weighted by atomic mass is 16.5. The van der Waals surface area contributed by atoms with Gasteiger partial charge in [0.15, 0.2) is 0 Å². The maximum absolute atomic E-state index is 12.7. The van der Waals surface area contributed by atoms with E-state index in [-0.39, 0.29) is 17.2 Å². The van der Waals surface area contributed by atoms with Gasteiger partial charge in [-0.15, -0.1) is 0 Å². The maximum Gasteiger partial charge on any atom is 0.226 e. The number of carbonyl (C=O) groups is 1. The van der Waals surface area contributed by atoms with Crippen molar-refractivity contribution < 1.29 is 14.6 Å². The summed E-state index contributed by atoms with van der Waals surface area (Å²) in [6, 6.07) is 7.01. The van der Waals surface area contributed by atoms with Crippen LogP contribution >= 0.6 is 0 Å². The number of carbonyl (C=O) groups excluding carboxylic acids is 1. The molecule has 1 spiro atoms. The van der Waals surface area contributed by atoms with Crippen LogP contribution in [0.5, 0.6) is 5.75 Å². The Hall–Kier alpha value is -1.59. The largest absolute Gasteiger partial charge is 0.508 e. The Morgan fingerprint density at radius 3 is 2.76 bits per heavy atom. The Bertz CT molecular complexity index is 592. The Morgan fingerprint density at radius 2 is 2.00 bits per heavy atom. The Labute approximate surface area is 150 Å². The van der Waals surface area contributed by atoms with Gasteiger partial charge in [0.1, 0.15) is 5.75 Å². The molecule has 5 nitrogen and oxygen atoms in total. The first-order valence-corrected chi connectivity index (χ1v) is 9.43. The minimum atomic E-state index is 0.170. The summed E-state index contributed by atoms with van der Waals surface area (Å²) in [7, 11) is 1.76. The van der Waals surface area contributed by atoms with Crippen LogP contribution in [0.15, 0.2) is 24.3 Å². The fraction of sp³-hybridized carbons (Fsp3) is 0.650. The highest BCUT2D eigenvalue weighted by Gasteiger charge is 2.41. The quantitative estimate of drug-likeness (QED) is 0.890. The third-order valence-electron chi connectivity index (χ3n) is 5.84. The van der Waals surface area contributed by atoms with Gasteiger partial charge in [0.25, 0.3) is 0 Å². The van der Waals surface area contributed by atoms with Crippen LogP contribution < -0.4 is 0 Å². The predicted octanol–water partition coefficient (Wildman–Crippen LogP) is 2.43. The van der Waals surface area contributed by atoms with Gasteiger partial charge in [-0.3, -0.25) is 9.69 Å². The number of phenolic OH excluding ortho intramolecular Hbond substituents is 1. The summed E-state index contributed by atoms with van der Waals surface area (Å²) < 4.78 is 5.28. The lowest BCUT2D eigenvalue weighted by Crippen LogP contribution is -2.46. The zero-order valence-electron chi connectivity index (χ0n) is 15.2. The molecule has 0 unspecified atom stereocenters. The van der Waals surface area contributed by atoms with Gasteiger partial charge in [-0.1, -0.05) is 12.1 Å². The summed E-state index contributed by atoms with van der Waals surface area (Å²) in [5.74, 6) is 0.393. The van der Waals surface area contributed by atoms with E-state index in [4.69, 9.17) is 4.74 Å². The first-order chi connectivity index (χ1) is 12.1. The predicted molar refractivity (Wildman–Crippen MR) is 97.7 cm³/mol. The van der Waals surface area contributed by atoms with Gasteiger partial charge in [-0.2, -0.15) is 0 Å². The number of aromatic hydroxyl groups is 1. The van der Waals surface area contributed by atoms with Crippen molar-refractivity contribution in [1.82, 2.24) is 9.80 Å². The van der Waals surface area contributed by atoms with Crippen LogP contribution in [0.4, 0.5) is 0 Å². The van der Waals surface area contributed by atoms with Crippen LogP contribution in [0.2, 0.25) is 0 Å². The van der Waals surface area contributed by atoms with Crippen LogP contribution in [-0.2, 0) is 16.0 Å². The number of methoxy groups -OCH3 is 1. The van der Waals surface area contributed by atoms with Gasteiger partial charge in [0.05, 0.1) is 13.0 Å². The molecule has 2 saturated heterocycles. The van der Waals surface area contributed by atoms with Crippen LogP contribution in [0.1, 0.15) is 37.7 Å². The van der Waals surface area contributed by atoms with Gasteiger partial charge >= 0.3 is 0 Å². The first kappa shape index (κ1) is 18.2. The summed E-state index contributed by atoms with van der Waals surface area (Å²) in [6.45, 7) is 4.61. The molecule has 1 amide bonds. The molecule has 1 atom stereocenters. The Morgan fingerprint density at radius 1 is 1.20 bits per heavy atom. The zero-order valence-corrected chi connectivity index (χ0v) is 15.2. The molecule has 2 aliphatic rings. The molecule has 0 saturated carbocycles. The number of likely N-dealkylation sites (tertiary alicyclic amines) is 2. The SMILES string of the molecule is COCCN1CCC[C@]12CCCN(C(=O)Cc1cccc(O)c1)CC2. The monoisotopic (exact) mass is 346 g/mol. The van der Waals surface area contributed by atoms with Crippen molar-refractivity contribution in [2.24, 2.45) is 0 Å². The highest BCUT2D eigenvalue weighted by Crippen LogP contribution is 2.38. The van der Waals surface area contributed by atoms with E-state index in [1.54, 1.807) is 25.3 Å². The number of benzene rings is 1. The third kappa shape index (κ3) is 4.33. The Balaban J connectivity index is 1.60. The lowest BCUT2D eigenvalue weighted by Gasteiger charge is -2.38. The number of ether oxygens (including phenoxy) is 1. The molecule has 2 heterocycles. The highest BCUT2D eigenvalue weighted by molar-refractivity contribution is 5.79. The summed E-state index contributed by atoms with van der Waals surface area (Å²) in [4.78, 5) is 17.3. The van der Waals surface area contributed by atoms with E-state index in [1.165, 1.54) is 19.3 Å². The summed E-state index contributed by atoms with van der Waals surface area (Å²) >= 11 is 0. The van der Waals surface area contributed by atoms with Crippen molar-refractivity contribution in [2.75, 3.05) is 39.9 Å². The van der Waals surface area contributed by atoms with Crippen molar-refractivity contribution >= 4 is 5.91 Å². The molecule has 5 heteroatoms. The smallest absolute Gasteiger partial charge is 0.226 e. The summed E-state index contributed by atoms with van der Waals surface area (Å²) in [6.07, 6.45) is 6.16. The standard InChI is InChI=1S/C20H30N2O3/c1-25-14-13-22-11-4-8-20(22)7-3-10-21(12-9-20)19(24)16-17-5-2-6-18(23)15-17/h2,5-6,15,23H,3-4,7-14,16H2,1H3/t20-/m0/s1. The molecule has 0 bridgehead atoms. The molecule has 1 aromatic rings. The van der Waals surface area contributed by atoms with Crippen molar-refractivity contribution in [3.8, 4) is 5.75 Å². The summed E-state index contributed by atoms with van der Waals surface area (Å²) in [5.41, 5.74) is 1.14. The van der Waals surface area contributed by atoms with Gasteiger partial charge < -0.3 is 14.7 Å². The third-order valence-corrected chi connectivity index (χ3v) is 5.84. The number of amides is 1. The topological polar surface area (TPSA) is 53.0 Å². The minimum absolute atomic E-state index is 0.170. The van der Waals surface area contributed by atoms with Gasteiger partial charge in [0, 0.05) is 32.3 Å². The average molecular weight is 346 g/mol. The number of nitrogens with zero attached hydrogens (tertiary/aromatic N) is 2. The number of hydrogen-bond acceptors (Lipinski definition) is 4. The second-order valence-electron chi connectivity index (χ2n) is 7.39. The lowest BCUT2D eigenvalue weighted by atomic mass is 9.88. The molecule has 2 fully saturated rings. The maximum atomic E-state index is 12.7. The molecule has 0 aliphatic carbocycles. The van der Waals surface area contributed by atoms with E-state index in [0.717, 1.165) is 51.2 Å². The zero-order chi connectivity index (χ0) is 17.7. The molecule has 1 aromatic carbocycles. The number of phenols is 1. The van der Waals surface area contributed by atoms with E-state index in [1.807, 2.05) is 11.0 Å². The fourth-order valence-electron chi connectivity index (χ4n) is 4.49. The van der Waals surface area contributed by atoms with Crippen LogP contribution in [-0.4, -0.2) is 66.2 Å². The summed E-state index contributed by atoms with van der Waals surface area (Å²) in [5, 5.41) is 9.58. The van der Waals surface area contributed by atoms with Gasteiger partial charge in [-0.05, 0) is 56.3 Å². The number of rotatable bonds is 5. The molecule has 1 N–H and O–H groups in total. The van der Waals surface area contributed by atoms with Crippen LogP contribution in [0, 0.1) is 0 Å². The molecule has 138 valence electrons. The van der Waals surface area contributed by atoms with Gasteiger partial charge in [-0.25, -0.2) is 0 Å². The van der Waals surface area contributed by atoms with Gasteiger partial charge in [0.2, 0.25) is 5.91 Å². The van der Waals surface area contributed by atoms with E-state index >= 15 is 0 Å². The van der Waals surface area contributed by atoms with E-state index in [0.29, 0.717) is 6.42 Å². The van der Waals surface area contributed by atoms with E-state index < -0.39 is 0 Å². The molecule has 25 heavy (non-hydrogen) atoms. The fourth-order valence-corrected chi connectivity index (χ4v) is 4.49. The van der Waals surface area contributed by atoms with Crippen LogP contribution in [0.25, 0.3) is 0 Å². The van der Waals surface area contributed by atoms with E-state index in [9.17, 15) is 9.90 Å². The van der Waals surface area contributed by atoms with E-state index in [2.05, 4.69) is 4.90 Å². The average Bonchev–Trinajstić information content (AvgIpc) is 2.84. The molecule has 3 rings (SSSR count). The first-order valence-electron chi connectivity index (χ1n) is 9.43. The van der Waals surface area contributed by atoms with Crippen molar-refractivity contribution in [1.29, 1.82) is 0 Å². The van der Waals surface area contributed by atoms with Crippen molar-refractivity contribution in [3.63, 3.8) is 0 Å². The van der Waals surface area contributed by atoms with Crippen molar-refractivity contribution in [2.45, 2.75) is 44.1 Å². The lowest BCUT2D eigenvalue weighted by molar-refractivity contribution is -0.130. The van der Waals surface area contributed by atoms with Crippen molar-refractivity contribution in [3.05, 3.63) is 29.8 Å². The molecule has 0 aromatic heterocycles. The molecular formula is C20H30N2O3.